The molecule has 3 aromatic rings. The first-order valence-electron chi connectivity index (χ1n) is 14.2. The van der Waals surface area contributed by atoms with Gasteiger partial charge in [-0.15, -0.1) is 0 Å². The molecular formula is C29H35N7O8S. The number of aromatic nitrogens is 4. The summed E-state index contributed by atoms with van der Waals surface area (Å²) in [5, 5.41) is 36.4. The number of carboxylic acid groups (broad SMARTS) is 2. The largest absolute Gasteiger partial charge is 0.481 e. The number of hydrogen-bond acceptors (Lipinski definition) is 9. The predicted molar refractivity (Wildman–Crippen MR) is 162 cm³/mol. The number of H-pyrrole nitrogens is 1. The van der Waals surface area contributed by atoms with Gasteiger partial charge in [0.15, 0.2) is 6.61 Å². The summed E-state index contributed by atoms with van der Waals surface area (Å²) in [6.07, 6.45) is 2.54. The van der Waals surface area contributed by atoms with Crippen molar-refractivity contribution in [1.29, 1.82) is 0 Å². The number of benzene rings is 2. The third-order valence-electron chi connectivity index (χ3n) is 6.55. The lowest BCUT2D eigenvalue weighted by atomic mass is 10.0. The summed E-state index contributed by atoms with van der Waals surface area (Å²) in [5.74, 6) is -4.50. The Balaban J connectivity index is 1.85. The quantitative estimate of drug-likeness (QED) is 0.0858. The van der Waals surface area contributed by atoms with Crippen molar-refractivity contribution in [2.24, 2.45) is 0 Å². The van der Waals surface area contributed by atoms with Gasteiger partial charge in [0.05, 0.1) is 0 Å². The second-order valence-electron chi connectivity index (χ2n) is 10.1. The number of aromatic amines is 1. The summed E-state index contributed by atoms with van der Waals surface area (Å²) in [6, 6.07) is 10.8. The average molecular weight is 642 g/mol. The van der Waals surface area contributed by atoms with Gasteiger partial charge in [0, 0.05) is 19.4 Å². The molecule has 1 aromatic heterocycles. The van der Waals surface area contributed by atoms with Crippen LogP contribution in [0.1, 0.15) is 47.7 Å². The standard InChI is InChI=1S/C29H35N7O8S/c1-2-3-7-12-30-26(40)21(15-19-10-11-23(44-17-25(38)39)20(13-19)28(42)43)32-27(41)22(14-18-8-5-4-6-9-18)31-24(37)16-36-29(45)33-34-35-36/h4-6,8-11,13,21-22H,2-3,7,12,14-17H2,1H3,(H,30,40)(H,31,37)(H,32,41)(H,38,39)(H,42,43)(H,33,35,45)/t21-,22?/m0/s1. The van der Waals surface area contributed by atoms with E-state index in [9.17, 15) is 29.1 Å². The Morgan fingerprint density at radius 1 is 0.956 bits per heavy atom. The summed E-state index contributed by atoms with van der Waals surface area (Å²) in [5.41, 5.74) is 0.818. The molecule has 45 heavy (non-hydrogen) atoms. The van der Waals surface area contributed by atoms with E-state index in [4.69, 9.17) is 22.1 Å². The lowest BCUT2D eigenvalue weighted by Crippen LogP contribution is -2.55. The first kappa shape index (κ1) is 34.4. The highest BCUT2D eigenvalue weighted by Gasteiger charge is 2.28. The number of nitrogens with one attached hydrogen (secondary N) is 4. The molecule has 15 nitrogen and oxygen atoms in total. The lowest BCUT2D eigenvalue weighted by Gasteiger charge is -2.24. The topological polar surface area (TPSA) is 218 Å². The Hall–Kier alpha value is -5.12. The zero-order chi connectivity index (χ0) is 32.8. The van der Waals surface area contributed by atoms with E-state index in [1.807, 2.05) is 13.0 Å². The molecule has 2 atom stereocenters. The summed E-state index contributed by atoms with van der Waals surface area (Å²) < 4.78 is 6.36. The Bertz CT molecular complexity index is 1540. The van der Waals surface area contributed by atoms with Crippen molar-refractivity contribution in [3.05, 3.63) is 70.0 Å². The molecule has 0 fully saturated rings. The first-order chi connectivity index (χ1) is 21.6. The Labute approximate surface area is 263 Å². The van der Waals surface area contributed by atoms with Crippen LogP contribution >= 0.6 is 12.2 Å². The van der Waals surface area contributed by atoms with Crippen LogP contribution in [0.2, 0.25) is 0 Å². The number of rotatable bonds is 18. The smallest absolute Gasteiger partial charge is 0.341 e. The highest BCUT2D eigenvalue weighted by molar-refractivity contribution is 7.71. The zero-order valence-electron chi connectivity index (χ0n) is 24.5. The summed E-state index contributed by atoms with van der Waals surface area (Å²) in [7, 11) is 0. The van der Waals surface area contributed by atoms with Crippen molar-refractivity contribution in [3.8, 4) is 5.75 Å². The first-order valence-corrected chi connectivity index (χ1v) is 14.6. The number of ether oxygens (including phenoxy) is 1. The molecule has 2 aromatic carbocycles. The SMILES string of the molecule is CCCCCNC(=O)[C@H](Cc1ccc(OCC(=O)O)c(C(=O)O)c1)NC(=O)C(Cc1ccccc1)NC(=O)Cn1[nH]nnc1=S. The minimum absolute atomic E-state index is 0.0501. The van der Waals surface area contributed by atoms with Crippen molar-refractivity contribution >= 4 is 41.9 Å². The van der Waals surface area contributed by atoms with Crippen LogP contribution in [0.4, 0.5) is 0 Å². The van der Waals surface area contributed by atoms with Gasteiger partial charge < -0.3 is 30.9 Å². The molecule has 1 unspecified atom stereocenters. The van der Waals surface area contributed by atoms with Crippen molar-refractivity contribution in [1.82, 2.24) is 36.2 Å². The van der Waals surface area contributed by atoms with Crippen LogP contribution in [0, 0.1) is 4.77 Å². The number of carboxylic acids is 2. The minimum atomic E-state index is -1.36. The molecule has 240 valence electrons. The number of unbranched alkanes of at least 4 members (excludes halogenated alkanes) is 2. The number of nitrogens with zero attached hydrogens (tertiary/aromatic N) is 3. The average Bonchev–Trinajstić information content (AvgIpc) is 3.41. The van der Waals surface area contributed by atoms with Crippen LogP contribution in [-0.4, -0.2) is 85.3 Å². The fraction of sp³-hybridized carbons (Fsp3) is 0.379. The van der Waals surface area contributed by atoms with E-state index < -0.39 is 48.4 Å². The molecule has 0 radical (unpaired) electrons. The number of hydrogen-bond donors (Lipinski definition) is 6. The third kappa shape index (κ3) is 11.1. The van der Waals surface area contributed by atoms with E-state index in [-0.39, 0.29) is 35.5 Å². The fourth-order valence-corrected chi connectivity index (χ4v) is 4.47. The molecule has 0 spiro atoms. The maximum absolute atomic E-state index is 13.7. The van der Waals surface area contributed by atoms with Gasteiger partial charge in [-0.2, -0.15) is 5.21 Å². The van der Waals surface area contributed by atoms with Gasteiger partial charge in [0.25, 0.3) is 0 Å². The van der Waals surface area contributed by atoms with Gasteiger partial charge in [-0.25, -0.2) is 14.3 Å². The second-order valence-corrected chi connectivity index (χ2v) is 10.4. The van der Waals surface area contributed by atoms with E-state index >= 15 is 0 Å². The van der Waals surface area contributed by atoms with Crippen LogP contribution in [0.25, 0.3) is 0 Å². The molecule has 0 bridgehead atoms. The normalized spacial score (nSPS) is 12.0. The Kier molecular flexibility index (Phi) is 13.2. The second kappa shape index (κ2) is 17.2. The molecule has 0 aliphatic carbocycles. The summed E-state index contributed by atoms with van der Waals surface area (Å²) in [6.45, 7) is 1.37. The van der Waals surface area contributed by atoms with Gasteiger partial charge in [-0.3, -0.25) is 14.4 Å². The van der Waals surface area contributed by atoms with E-state index in [1.54, 1.807) is 24.3 Å². The van der Waals surface area contributed by atoms with Gasteiger partial charge in [0.1, 0.15) is 29.9 Å². The van der Waals surface area contributed by atoms with Gasteiger partial charge in [-0.1, -0.05) is 66.5 Å². The molecular weight excluding hydrogens is 606 g/mol. The molecule has 3 amide bonds. The van der Waals surface area contributed by atoms with Crippen molar-refractivity contribution in [2.45, 2.75) is 57.7 Å². The fourth-order valence-electron chi connectivity index (χ4n) is 4.33. The molecule has 0 aliphatic rings. The Morgan fingerprint density at radius 2 is 1.67 bits per heavy atom. The predicted octanol–water partition coefficient (Wildman–Crippen LogP) is 1.26. The highest BCUT2D eigenvalue weighted by atomic mass is 32.1. The molecule has 3 rings (SSSR count). The zero-order valence-corrected chi connectivity index (χ0v) is 25.3. The number of aromatic carboxylic acids is 1. The van der Waals surface area contributed by atoms with Crippen LogP contribution in [0.5, 0.6) is 5.75 Å². The summed E-state index contributed by atoms with van der Waals surface area (Å²) >= 11 is 5.02. The maximum atomic E-state index is 13.7. The van der Waals surface area contributed by atoms with E-state index in [0.29, 0.717) is 12.1 Å². The number of tetrazole rings is 1. The highest BCUT2D eigenvalue weighted by Crippen LogP contribution is 2.21. The van der Waals surface area contributed by atoms with Crippen LogP contribution in [-0.2, 0) is 38.6 Å². The van der Waals surface area contributed by atoms with Gasteiger partial charge in [0.2, 0.25) is 22.5 Å². The molecule has 0 saturated heterocycles. The van der Waals surface area contributed by atoms with Gasteiger partial charge in [-0.05, 0) is 41.9 Å². The van der Waals surface area contributed by atoms with E-state index in [0.717, 1.165) is 24.8 Å². The number of aliphatic carboxylic acids is 1. The monoisotopic (exact) mass is 641 g/mol. The van der Waals surface area contributed by atoms with Crippen molar-refractivity contribution in [3.63, 3.8) is 0 Å². The van der Waals surface area contributed by atoms with Crippen LogP contribution < -0.4 is 20.7 Å². The third-order valence-corrected chi connectivity index (χ3v) is 6.85. The molecule has 16 heteroatoms. The van der Waals surface area contributed by atoms with Crippen molar-refractivity contribution in [2.75, 3.05) is 13.2 Å². The molecule has 1 heterocycles. The molecule has 0 aliphatic heterocycles. The van der Waals surface area contributed by atoms with Crippen LogP contribution in [0.15, 0.2) is 48.5 Å². The lowest BCUT2D eigenvalue weighted by molar-refractivity contribution is -0.139. The summed E-state index contributed by atoms with van der Waals surface area (Å²) in [4.78, 5) is 62.7. The minimum Gasteiger partial charge on any atom is -0.481 e. The number of carbonyl (C=O) groups excluding carboxylic acids is 3. The van der Waals surface area contributed by atoms with E-state index in [2.05, 4.69) is 31.5 Å². The van der Waals surface area contributed by atoms with Gasteiger partial charge >= 0.3 is 11.9 Å². The number of amides is 3. The van der Waals surface area contributed by atoms with E-state index in [1.165, 1.54) is 22.9 Å². The van der Waals surface area contributed by atoms with Crippen molar-refractivity contribution < 1.29 is 38.9 Å². The number of carbonyl (C=O) groups is 5. The molecule has 0 saturated carbocycles. The molecule has 6 N–H and O–H groups in total. The van der Waals surface area contributed by atoms with Crippen LogP contribution in [0.3, 0.4) is 0 Å². The maximum Gasteiger partial charge on any atom is 0.341 e. The Morgan fingerprint density at radius 3 is 2.31 bits per heavy atom.